The lowest BCUT2D eigenvalue weighted by molar-refractivity contribution is -0.140. The van der Waals surface area contributed by atoms with E-state index >= 15 is 0 Å². The van der Waals surface area contributed by atoms with Crippen molar-refractivity contribution in [3.8, 4) is 0 Å². The molecule has 0 saturated heterocycles. The molecule has 0 aliphatic carbocycles. The quantitative estimate of drug-likeness (QED) is 0.353. The maximum Gasteiger partial charge on any atom is 0.264 e. The Hall–Kier alpha value is -3.36. The minimum absolute atomic E-state index is 0.0715. The van der Waals surface area contributed by atoms with E-state index in [1.807, 2.05) is 27.7 Å². The second-order valence-electron chi connectivity index (χ2n) is 9.40. The van der Waals surface area contributed by atoms with Gasteiger partial charge in [-0.15, -0.1) is 0 Å². The van der Waals surface area contributed by atoms with Gasteiger partial charge in [0.1, 0.15) is 12.6 Å². The van der Waals surface area contributed by atoms with Gasteiger partial charge >= 0.3 is 0 Å². The molecule has 0 radical (unpaired) electrons. The number of sulfonamides is 1. The third-order valence-electron chi connectivity index (χ3n) is 6.02. The molecule has 1 N–H and O–H groups in total. The molecule has 0 aromatic heterocycles. The Bertz CT molecular complexity index is 1330. The fraction of sp³-hybridized carbons (Fsp3) is 0.310. The monoisotopic (exact) mass is 555 g/mol. The molecule has 202 valence electrons. The number of nitrogens with zero attached hydrogens (tertiary/aromatic N) is 2. The van der Waals surface area contributed by atoms with Gasteiger partial charge in [0.25, 0.3) is 10.0 Å². The topological polar surface area (TPSA) is 86.8 Å². The fourth-order valence-corrected chi connectivity index (χ4v) is 5.61. The highest BCUT2D eigenvalue weighted by atomic mass is 35.5. The Morgan fingerprint density at radius 3 is 2.08 bits per heavy atom. The zero-order valence-corrected chi connectivity index (χ0v) is 23.7. The van der Waals surface area contributed by atoms with Crippen LogP contribution in [0.25, 0.3) is 0 Å². The Morgan fingerprint density at radius 2 is 1.53 bits per heavy atom. The molecule has 3 aromatic carbocycles. The summed E-state index contributed by atoms with van der Waals surface area (Å²) in [4.78, 5) is 28.6. The van der Waals surface area contributed by atoms with Gasteiger partial charge in [-0.1, -0.05) is 66.6 Å². The van der Waals surface area contributed by atoms with Crippen molar-refractivity contribution in [1.82, 2.24) is 10.2 Å². The number of nitrogens with one attached hydrogen (secondary N) is 1. The number of anilines is 1. The first-order valence-electron chi connectivity index (χ1n) is 12.5. The van der Waals surface area contributed by atoms with Gasteiger partial charge in [-0.05, 0) is 69.2 Å². The van der Waals surface area contributed by atoms with Crippen molar-refractivity contribution in [2.24, 2.45) is 0 Å². The number of carbonyl (C=O) groups is 2. The van der Waals surface area contributed by atoms with Gasteiger partial charge in [-0.25, -0.2) is 8.42 Å². The van der Waals surface area contributed by atoms with Crippen molar-refractivity contribution in [3.63, 3.8) is 0 Å². The number of carbonyl (C=O) groups excluding carboxylic acids is 2. The van der Waals surface area contributed by atoms with Gasteiger partial charge < -0.3 is 10.2 Å². The van der Waals surface area contributed by atoms with Crippen LogP contribution in [-0.2, 0) is 26.2 Å². The molecule has 9 heteroatoms. The predicted molar refractivity (Wildman–Crippen MR) is 152 cm³/mol. The van der Waals surface area contributed by atoms with Gasteiger partial charge in [-0.3, -0.25) is 13.9 Å². The number of aryl methyl sites for hydroxylation is 1. The largest absolute Gasteiger partial charge is 0.352 e. The highest BCUT2D eigenvalue weighted by molar-refractivity contribution is 7.92. The summed E-state index contributed by atoms with van der Waals surface area (Å²) in [5, 5.41) is 3.44. The first-order valence-corrected chi connectivity index (χ1v) is 14.3. The normalized spacial score (nSPS) is 12.2. The number of benzene rings is 3. The second-order valence-corrected chi connectivity index (χ2v) is 11.7. The molecule has 1 atom stereocenters. The second kappa shape index (κ2) is 12.9. The van der Waals surface area contributed by atoms with E-state index in [2.05, 4.69) is 5.32 Å². The van der Waals surface area contributed by atoms with E-state index < -0.39 is 28.5 Å². The summed E-state index contributed by atoms with van der Waals surface area (Å²) in [5.74, 6) is -0.789. The van der Waals surface area contributed by atoms with Crippen LogP contribution in [0.5, 0.6) is 0 Å². The summed E-state index contributed by atoms with van der Waals surface area (Å²) in [6, 6.07) is 21.0. The molecular weight excluding hydrogens is 522 g/mol. The molecule has 0 bridgehead atoms. The van der Waals surface area contributed by atoms with Gasteiger partial charge in [0.2, 0.25) is 11.8 Å². The van der Waals surface area contributed by atoms with Crippen LogP contribution in [0.3, 0.4) is 0 Å². The first kappa shape index (κ1) is 29.2. The maximum atomic E-state index is 13.9. The summed E-state index contributed by atoms with van der Waals surface area (Å²) in [6.45, 7) is 7.07. The van der Waals surface area contributed by atoms with Crippen LogP contribution in [0.4, 0.5) is 5.69 Å². The molecule has 0 aliphatic heterocycles. The summed E-state index contributed by atoms with van der Waals surface area (Å²) in [5.41, 5.74) is 2.09. The van der Waals surface area contributed by atoms with Crippen LogP contribution < -0.4 is 9.62 Å². The van der Waals surface area contributed by atoms with E-state index in [0.29, 0.717) is 17.1 Å². The van der Waals surface area contributed by atoms with Crippen LogP contribution >= 0.6 is 11.6 Å². The number of rotatable bonds is 11. The molecule has 38 heavy (non-hydrogen) atoms. The first-order chi connectivity index (χ1) is 18.0. The Morgan fingerprint density at radius 1 is 0.921 bits per heavy atom. The summed E-state index contributed by atoms with van der Waals surface area (Å²) in [7, 11) is -4.08. The Labute approximate surface area is 230 Å². The van der Waals surface area contributed by atoms with Crippen molar-refractivity contribution < 1.29 is 18.0 Å². The molecule has 0 heterocycles. The molecule has 1 unspecified atom stereocenters. The Balaban J connectivity index is 2.04. The van der Waals surface area contributed by atoms with Gasteiger partial charge in [-0.2, -0.15) is 0 Å². The average Bonchev–Trinajstić information content (AvgIpc) is 2.89. The van der Waals surface area contributed by atoms with Crippen molar-refractivity contribution in [2.75, 3.05) is 10.8 Å². The van der Waals surface area contributed by atoms with Crippen LogP contribution in [-0.4, -0.2) is 43.8 Å². The van der Waals surface area contributed by atoms with E-state index in [1.54, 1.807) is 66.7 Å². The average molecular weight is 556 g/mol. The lowest BCUT2D eigenvalue weighted by Crippen LogP contribution is -2.53. The molecule has 0 fully saturated rings. The summed E-state index contributed by atoms with van der Waals surface area (Å²) >= 11 is 6.05. The molecule has 3 rings (SSSR count). The number of hydrogen-bond acceptors (Lipinski definition) is 4. The molecule has 0 spiro atoms. The molecule has 3 aromatic rings. The third kappa shape index (κ3) is 7.36. The lowest BCUT2D eigenvalue weighted by Gasteiger charge is -2.33. The molecule has 0 aliphatic rings. The minimum atomic E-state index is -4.08. The van der Waals surface area contributed by atoms with Gasteiger partial charge in [0.05, 0.1) is 10.6 Å². The zero-order chi connectivity index (χ0) is 27.9. The molecule has 2 amide bonds. The summed E-state index contributed by atoms with van der Waals surface area (Å²) in [6.07, 6.45) is 0.355. The van der Waals surface area contributed by atoms with Crippen LogP contribution in [0, 0.1) is 6.92 Å². The lowest BCUT2D eigenvalue weighted by atomic mass is 10.1. The van der Waals surface area contributed by atoms with Gasteiger partial charge in [0, 0.05) is 17.6 Å². The highest BCUT2D eigenvalue weighted by Crippen LogP contribution is 2.25. The maximum absolute atomic E-state index is 13.9. The van der Waals surface area contributed by atoms with Gasteiger partial charge in [0.15, 0.2) is 0 Å². The van der Waals surface area contributed by atoms with Crippen LogP contribution in [0.2, 0.25) is 5.02 Å². The van der Waals surface area contributed by atoms with E-state index in [0.717, 1.165) is 15.4 Å². The van der Waals surface area contributed by atoms with E-state index in [4.69, 9.17) is 11.6 Å². The SMILES string of the molecule is CCC(C(=O)NC(C)C)N(Cc1ccc(Cl)cc1)C(=O)CN(c1ccc(C)cc1)S(=O)(=O)c1ccccc1. The number of hydrogen-bond donors (Lipinski definition) is 1. The van der Waals surface area contributed by atoms with Crippen LogP contribution in [0.15, 0.2) is 83.8 Å². The fourth-order valence-electron chi connectivity index (χ4n) is 4.05. The third-order valence-corrected chi connectivity index (χ3v) is 8.06. The smallest absolute Gasteiger partial charge is 0.264 e. The van der Waals surface area contributed by atoms with Crippen molar-refractivity contribution in [2.45, 2.75) is 57.6 Å². The number of amides is 2. The number of halogens is 1. The molecular formula is C29H34ClN3O4S. The zero-order valence-electron chi connectivity index (χ0n) is 22.1. The van der Waals surface area contributed by atoms with E-state index in [1.165, 1.54) is 17.0 Å². The Kier molecular flexibility index (Phi) is 9.94. The molecule has 7 nitrogen and oxygen atoms in total. The predicted octanol–water partition coefficient (Wildman–Crippen LogP) is 5.18. The minimum Gasteiger partial charge on any atom is -0.352 e. The van der Waals surface area contributed by atoms with Crippen LogP contribution in [0.1, 0.15) is 38.3 Å². The van der Waals surface area contributed by atoms with E-state index in [-0.39, 0.29) is 23.4 Å². The summed E-state index contributed by atoms with van der Waals surface area (Å²) < 4.78 is 28.6. The van der Waals surface area contributed by atoms with Crippen molar-refractivity contribution >= 4 is 39.1 Å². The van der Waals surface area contributed by atoms with E-state index in [9.17, 15) is 18.0 Å². The highest BCUT2D eigenvalue weighted by Gasteiger charge is 2.33. The van der Waals surface area contributed by atoms with Crippen molar-refractivity contribution in [3.05, 3.63) is 95.0 Å². The molecule has 0 saturated carbocycles. The van der Waals surface area contributed by atoms with Crippen molar-refractivity contribution in [1.29, 1.82) is 0 Å². The standard InChI is InChI=1S/C29H34ClN3O4S/c1-5-27(29(35)31-21(2)3)32(19-23-13-15-24(30)16-14-23)28(34)20-33(25-17-11-22(4)12-18-25)38(36,37)26-9-7-6-8-10-26/h6-18,21,27H,5,19-20H2,1-4H3,(H,31,35).